The van der Waals surface area contributed by atoms with Crippen LogP contribution in [0.2, 0.25) is 10.0 Å². The van der Waals surface area contributed by atoms with Gasteiger partial charge >= 0.3 is 12.1 Å². The number of benzene rings is 2. The van der Waals surface area contributed by atoms with Crippen LogP contribution in [0.4, 0.5) is 13.2 Å². The molecule has 35 heavy (non-hydrogen) atoms. The van der Waals surface area contributed by atoms with Crippen molar-refractivity contribution in [3.8, 4) is 0 Å². The maximum atomic E-state index is 12.5. The van der Waals surface area contributed by atoms with E-state index in [-0.39, 0.29) is 5.91 Å². The fraction of sp³-hybridized carbons (Fsp3) is 0.333. The number of hydrogen-bond acceptors (Lipinski definition) is 4. The number of thiophene rings is 1. The summed E-state index contributed by atoms with van der Waals surface area (Å²) < 4.78 is 33.0. The van der Waals surface area contributed by atoms with E-state index in [4.69, 9.17) is 33.1 Å². The Morgan fingerprint density at radius 3 is 2.54 bits per heavy atom. The number of carboxylic acid groups (broad SMARTS) is 1. The van der Waals surface area contributed by atoms with Crippen LogP contribution >= 0.6 is 34.5 Å². The predicted octanol–water partition coefficient (Wildman–Crippen LogP) is 6.16. The van der Waals surface area contributed by atoms with E-state index in [9.17, 15) is 18.0 Å². The molecule has 2 N–H and O–H groups in total. The highest BCUT2D eigenvalue weighted by molar-refractivity contribution is 7.17. The second-order valence-electron chi connectivity index (χ2n) is 8.06. The Bertz CT molecular complexity index is 1190. The van der Waals surface area contributed by atoms with Gasteiger partial charge in [-0.2, -0.15) is 13.2 Å². The standard InChI is InChI=1S/C22H22Cl2N2OS.C2HF3O2/c23-19-8-7-15(10-20(19)24)13-26-9-3-4-17(26)12-25-22(27)11-16-14-28-21-6-2-1-5-18(16)21;3-2(4,5)1(6)7/h1-2,5-8,10,14,17H,3-4,9,11-13H2,(H,25,27);(H,6,7)/t17-;/m0./s1. The van der Waals surface area contributed by atoms with E-state index in [2.05, 4.69) is 27.7 Å². The summed E-state index contributed by atoms with van der Waals surface area (Å²) in [5, 5.41) is 14.7. The minimum Gasteiger partial charge on any atom is -0.475 e. The van der Waals surface area contributed by atoms with Crippen LogP contribution < -0.4 is 5.32 Å². The summed E-state index contributed by atoms with van der Waals surface area (Å²) in [4.78, 5) is 23.8. The van der Waals surface area contributed by atoms with Crippen molar-refractivity contribution in [3.05, 3.63) is 69.0 Å². The third-order valence-corrected chi connectivity index (χ3v) is 7.31. The van der Waals surface area contributed by atoms with Crippen LogP contribution in [-0.2, 0) is 22.6 Å². The van der Waals surface area contributed by atoms with E-state index in [0.29, 0.717) is 29.1 Å². The lowest BCUT2D eigenvalue weighted by Gasteiger charge is -2.25. The average Bonchev–Trinajstić information content (AvgIpc) is 3.41. The second-order valence-corrected chi connectivity index (χ2v) is 9.78. The van der Waals surface area contributed by atoms with Crippen LogP contribution in [0.1, 0.15) is 24.0 Å². The predicted molar refractivity (Wildman–Crippen MR) is 132 cm³/mol. The van der Waals surface area contributed by atoms with Gasteiger partial charge in [0, 0.05) is 23.8 Å². The largest absolute Gasteiger partial charge is 0.490 e. The van der Waals surface area contributed by atoms with Gasteiger partial charge in [-0.1, -0.05) is 47.5 Å². The van der Waals surface area contributed by atoms with E-state index in [0.717, 1.165) is 37.1 Å². The van der Waals surface area contributed by atoms with E-state index < -0.39 is 12.1 Å². The van der Waals surface area contributed by atoms with Crippen LogP contribution in [0, 0.1) is 0 Å². The molecule has 0 aliphatic carbocycles. The Kier molecular flexibility index (Phi) is 9.40. The maximum absolute atomic E-state index is 12.5. The number of amides is 1. The highest BCUT2D eigenvalue weighted by Crippen LogP contribution is 2.27. The van der Waals surface area contributed by atoms with Gasteiger partial charge in [-0.3, -0.25) is 9.69 Å². The first-order valence-corrected chi connectivity index (χ1v) is 12.4. The highest BCUT2D eigenvalue weighted by atomic mass is 35.5. The second kappa shape index (κ2) is 12.1. The van der Waals surface area contributed by atoms with Gasteiger partial charge in [0.1, 0.15) is 0 Å². The highest BCUT2D eigenvalue weighted by Gasteiger charge is 2.38. The Hall–Kier alpha value is -2.33. The van der Waals surface area contributed by atoms with Gasteiger partial charge in [0.25, 0.3) is 0 Å². The molecule has 5 nitrogen and oxygen atoms in total. The Labute approximate surface area is 214 Å². The summed E-state index contributed by atoms with van der Waals surface area (Å²) in [5.41, 5.74) is 2.26. The fourth-order valence-electron chi connectivity index (χ4n) is 3.84. The molecule has 0 saturated carbocycles. The van der Waals surface area contributed by atoms with Crippen molar-refractivity contribution in [3.63, 3.8) is 0 Å². The normalized spacial score (nSPS) is 16.1. The van der Waals surface area contributed by atoms with Crippen molar-refractivity contribution in [2.75, 3.05) is 13.1 Å². The number of hydrogen-bond donors (Lipinski definition) is 2. The third kappa shape index (κ3) is 7.83. The number of fused-ring (bicyclic) bond motifs is 1. The number of aliphatic carboxylic acids is 1. The van der Waals surface area contributed by atoms with Crippen molar-refractivity contribution in [2.24, 2.45) is 0 Å². The maximum Gasteiger partial charge on any atom is 0.490 e. The van der Waals surface area contributed by atoms with Gasteiger partial charge in [0.05, 0.1) is 16.5 Å². The van der Waals surface area contributed by atoms with Crippen LogP contribution in [0.5, 0.6) is 0 Å². The topological polar surface area (TPSA) is 69.6 Å². The molecule has 2 heterocycles. The van der Waals surface area contributed by atoms with Crippen molar-refractivity contribution >= 4 is 56.5 Å². The lowest BCUT2D eigenvalue weighted by molar-refractivity contribution is -0.192. The number of carbonyl (C=O) groups is 2. The average molecular weight is 547 g/mol. The number of nitrogens with one attached hydrogen (secondary N) is 1. The van der Waals surface area contributed by atoms with E-state index >= 15 is 0 Å². The van der Waals surface area contributed by atoms with Gasteiger partial charge in [-0.25, -0.2) is 4.79 Å². The molecule has 2 aromatic carbocycles. The first-order chi connectivity index (χ1) is 16.5. The zero-order valence-electron chi connectivity index (χ0n) is 18.4. The van der Waals surface area contributed by atoms with Gasteiger partial charge in [-0.15, -0.1) is 11.3 Å². The molecule has 1 amide bonds. The zero-order chi connectivity index (χ0) is 25.6. The Morgan fingerprint density at radius 2 is 1.86 bits per heavy atom. The minimum absolute atomic E-state index is 0.0879. The summed E-state index contributed by atoms with van der Waals surface area (Å²) >= 11 is 13.8. The molecule has 1 aromatic heterocycles. The van der Waals surface area contributed by atoms with Crippen LogP contribution in [0.25, 0.3) is 10.1 Å². The molecule has 1 aliphatic rings. The molecule has 11 heteroatoms. The Balaban J connectivity index is 0.000000429. The first kappa shape index (κ1) is 27.3. The van der Waals surface area contributed by atoms with Gasteiger partial charge in [0.15, 0.2) is 0 Å². The molecule has 1 fully saturated rings. The molecule has 0 unspecified atom stereocenters. The first-order valence-electron chi connectivity index (χ1n) is 10.7. The molecule has 1 aliphatic heterocycles. The summed E-state index contributed by atoms with van der Waals surface area (Å²) in [6, 6.07) is 14.4. The molecule has 0 spiro atoms. The summed E-state index contributed by atoms with van der Waals surface area (Å²) in [5.74, 6) is -2.67. The van der Waals surface area contributed by atoms with E-state index in [1.54, 1.807) is 11.3 Å². The monoisotopic (exact) mass is 546 g/mol. The van der Waals surface area contributed by atoms with Gasteiger partial charge in [0.2, 0.25) is 5.91 Å². The molecular formula is C24H23Cl2F3N2O3S. The van der Waals surface area contributed by atoms with Crippen LogP contribution in [0.15, 0.2) is 47.8 Å². The number of likely N-dealkylation sites (tertiary alicyclic amines) is 1. The molecule has 1 saturated heterocycles. The number of halogens is 5. The molecule has 1 atom stereocenters. The SMILES string of the molecule is O=C(Cc1csc2ccccc12)NC[C@@H]1CCCN1Cc1ccc(Cl)c(Cl)c1.O=C(O)C(F)(F)F. The third-order valence-electron chi connectivity index (χ3n) is 5.56. The van der Waals surface area contributed by atoms with Gasteiger partial charge in [-0.05, 0) is 59.5 Å². The van der Waals surface area contributed by atoms with Crippen molar-refractivity contribution in [2.45, 2.75) is 38.0 Å². The summed E-state index contributed by atoms with van der Waals surface area (Å²) in [6.45, 7) is 2.55. The number of alkyl halides is 3. The van der Waals surface area contributed by atoms with E-state index in [1.807, 2.05) is 30.3 Å². The zero-order valence-corrected chi connectivity index (χ0v) is 20.8. The number of carbonyl (C=O) groups excluding carboxylic acids is 1. The van der Waals surface area contributed by atoms with Crippen LogP contribution in [0.3, 0.4) is 0 Å². The number of carboxylic acids is 1. The van der Waals surface area contributed by atoms with Crippen molar-refractivity contribution < 1.29 is 27.9 Å². The minimum atomic E-state index is -5.08. The summed E-state index contributed by atoms with van der Waals surface area (Å²) in [7, 11) is 0. The summed E-state index contributed by atoms with van der Waals surface area (Å²) in [6.07, 6.45) is -2.40. The molecular weight excluding hydrogens is 524 g/mol. The molecule has 0 bridgehead atoms. The molecule has 188 valence electrons. The van der Waals surface area contributed by atoms with E-state index in [1.165, 1.54) is 10.1 Å². The fourth-order valence-corrected chi connectivity index (χ4v) is 5.13. The lowest BCUT2D eigenvalue weighted by Crippen LogP contribution is -2.40. The number of nitrogens with zero attached hydrogens (tertiary/aromatic N) is 1. The number of rotatable bonds is 6. The quantitative estimate of drug-likeness (QED) is 0.388. The molecule has 0 radical (unpaired) electrons. The molecule has 3 aromatic rings. The lowest BCUT2D eigenvalue weighted by atomic mass is 10.1. The van der Waals surface area contributed by atoms with Crippen molar-refractivity contribution in [1.29, 1.82) is 0 Å². The Morgan fingerprint density at radius 1 is 1.14 bits per heavy atom. The van der Waals surface area contributed by atoms with Gasteiger partial charge < -0.3 is 10.4 Å². The smallest absolute Gasteiger partial charge is 0.475 e. The van der Waals surface area contributed by atoms with Crippen molar-refractivity contribution in [1.82, 2.24) is 10.2 Å². The van der Waals surface area contributed by atoms with Crippen LogP contribution in [-0.4, -0.2) is 47.2 Å². The molecule has 4 rings (SSSR count).